The molecule has 16 heavy (non-hydrogen) atoms. The van der Waals surface area contributed by atoms with Gasteiger partial charge >= 0.3 is 12.1 Å². The van der Waals surface area contributed by atoms with Crippen molar-refractivity contribution in [3.05, 3.63) is 0 Å². The second-order valence-electron chi connectivity index (χ2n) is 5.28. The smallest absolute Gasteiger partial charge is 0.366 e. The van der Waals surface area contributed by atoms with Crippen LogP contribution < -0.4 is 0 Å². The summed E-state index contributed by atoms with van der Waals surface area (Å²) < 4.78 is 42.5. The number of nitrogens with zero attached hydrogens (tertiary/aromatic N) is 1. The van der Waals surface area contributed by atoms with Gasteiger partial charge in [-0.3, -0.25) is 4.79 Å². The molecule has 1 heterocycles. The van der Waals surface area contributed by atoms with Crippen LogP contribution in [0.25, 0.3) is 0 Å². The second kappa shape index (κ2) is 3.61. The third-order valence-corrected chi connectivity index (χ3v) is 2.23. The third kappa shape index (κ3) is 3.10. The Balaban J connectivity index is 2.87. The van der Waals surface area contributed by atoms with Gasteiger partial charge in [0.2, 0.25) is 0 Å². The minimum Gasteiger partial charge on any atom is -0.366 e. The maximum Gasteiger partial charge on any atom is 0.471 e. The van der Waals surface area contributed by atoms with Gasteiger partial charge in [-0.25, -0.2) is 0 Å². The van der Waals surface area contributed by atoms with E-state index in [0.29, 0.717) is 0 Å². The lowest BCUT2D eigenvalue weighted by Gasteiger charge is -2.47. The molecule has 1 saturated heterocycles. The van der Waals surface area contributed by atoms with Crippen LogP contribution in [0.4, 0.5) is 13.2 Å². The van der Waals surface area contributed by atoms with E-state index in [2.05, 4.69) is 0 Å². The molecule has 0 spiro atoms. The van der Waals surface area contributed by atoms with Crippen molar-refractivity contribution in [3.63, 3.8) is 0 Å². The molecule has 0 bridgehead atoms. The highest BCUT2D eigenvalue weighted by molar-refractivity contribution is 5.82. The Bertz CT molecular complexity index is 281. The van der Waals surface area contributed by atoms with Crippen molar-refractivity contribution < 1.29 is 22.7 Å². The van der Waals surface area contributed by atoms with E-state index in [0.717, 1.165) is 4.90 Å². The molecular formula is C10H16F3NO2. The van der Waals surface area contributed by atoms with Crippen LogP contribution in [0.5, 0.6) is 0 Å². The van der Waals surface area contributed by atoms with Crippen molar-refractivity contribution in [3.8, 4) is 0 Å². The number of ether oxygens (including phenoxy) is 1. The quantitative estimate of drug-likeness (QED) is 0.646. The highest BCUT2D eigenvalue weighted by Gasteiger charge is 2.48. The Labute approximate surface area is 92.5 Å². The van der Waals surface area contributed by atoms with Gasteiger partial charge in [-0.1, -0.05) is 0 Å². The second-order valence-corrected chi connectivity index (χ2v) is 5.28. The molecule has 1 aliphatic heterocycles. The molecule has 0 atom stereocenters. The van der Waals surface area contributed by atoms with Crippen molar-refractivity contribution in [2.45, 2.75) is 45.1 Å². The summed E-state index contributed by atoms with van der Waals surface area (Å²) in [6.45, 7) is 6.59. The molecule has 6 heteroatoms. The predicted octanol–water partition coefficient (Wildman–Crippen LogP) is 1.96. The van der Waals surface area contributed by atoms with E-state index >= 15 is 0 Å². The number of morpholine rings is 1. The van der Waals surface area contributed by atoms with Crippen LogP contribution in [-0.2, 0) is 9.53 Å². The third-order valence-electron chi connectivity index (χ3n) is 2.23. The van der Waals surface area contributed by atoms with E-state index in [1.165, 1.54) is 0 Å². The van der Waals surface area contributed by atoms with E-state index in [4.69, 9.17) is 4.74 Å². The predicted molar refractivity (Wildman–Crippen MR) is 51.9 cm³/mol. The van der Waals surface area contributed by atoms with E-state index in [1.807, 2.05) is 0 Å². The number of amides is 1. The normalized spacial score (nSPS) is 24.3. The Morgan fingerprint density at radius 1 is 1.12 bits per heavy atom. The first-order valence-corrected chi connectivity index (χ1v) is 4.99. The van der Waals surface area contributed by atoms with Crippen LogP contribution >= 0.6 is 0 Å². The molecule has 1 rings (SSSR count). The van der Waals surface area contributed by atoms with Gasteiger partial charge in [-0.15, -0.1) is 0 Å². The maximum atomic E-state index is 12.3. The molecular weight excluding hydrogens is 223 g/mol. The Morgan fingerprint density at radius 3 is 1.81 bits per heavy atom. The van der Waals surface area contributed by atoms with E-state index in [1.54, 1.807) is 27.7 Å². The number of hydrogen-bond donors (Lipinski definition) is 0. The molecule has 0 aromatic carbocycles. The fraction of sp³-hybridized carbons (Fsp3) is 0.900. The lowest BCUT2D eigenvalue weighted by molar-refractivity contribution is -0.214. The maximum absolute atomic E-state index is 12.3. The van der Waals surface area contributed by atoms with Crippen molar-refractivity contribution in [1.82, 2.24) is 4.90 Å². The summed E-state index contributed by atoms with van der Waals surface area (Å²) in [5, 5.41) is 0. The van der Waals surface area contributed by atoms with E-state index in [-0.39, 0.29) is 13.1 Å². The summed E-state index contributed by atoms with van der Waals surface area (Å²) in [5.74, 6) is -1.79. The monoisotopic (exact) mass is 239 g/mol. The molecule has 1 amide bonds. The molecule has 94 valence electrons. The minimum absolute atomic E-state index is 0.0469. The Kier molecular flexibility index (Phi) is 3.00. The summed E-state index contributed by atoms with van der Waals surface area (Å²) in [4.78, 5) is 11.9. The average molecular weight is 239 g/mol. The van der Waals surface area contributed by atoms with Gasteiger partial charge in [0, 0.05) is 13.1 Å². The van der Waals surface area contributed by atoms with Crippen molar-refractivity contribution >= 4 is 5.91 Å². The standard InChI is InChI=1S/C10H16F3NO2/c1-8(2)5-14(6-9(3,4)16-8)7(15)10(11,12)13/h5-6H2,1-4H3. The molecule has 3 nitrogen and oxygen atoms in total. The molecule has 0 unspecified atom stereocenters. The van der Waals surface area contributed by atoms with Gasteiger partial charge in [-0.2, -0.15) is 13.2 Å². The number of alkyl halides is 3. The van der Waals surface area contributed by atoms with Crippen LogP contribution in [0, 0.1) is 0 Å². The van der Waals surface area contributed by atoms with Gasteiger partial charge in [-0.05, 0) is 27.7 Å². The molecule has 1 fully saturated rings. The zero-order chi connectivity index (χ0) is 12.8. The molecule has 1 aliphatic rings. The number of hydrogen-bond acceptors (Lipinski definition) is 2. The summed E-state index contributed by atoms with van der Waals surface area (Å²) in [7, 11) is 0. The molecule has 0 aromatic heterocycles. The molecule has 0 aromatic rings. The van der Waals surface area contributed by atoms with Crippen LogP contribution in [0.2, 0.25) is 0 Å². The van der Waals surface area contributed by atoms with Crippen molar-refractivity contribution in [1.29, 1.82) is 0 Å². The van der Waals surface area contributed by atoms with E-state index < -0.39 is 23.3 Å². The van der Waals surface area contributed by atoms with Gasteiger partial charge < -0.3 is 9.64 Å². The SMILES string of the molecule is CC1(C)CN(C(=O)C(F)(F)F)CC(C)(C)O1. The van der Waals surface area contributed by atoms with Crippen LogP contribution in [-0.4, -0.2) is 41.3 Å². The number of rotatable bonds is 0. The molecule has 0 radical (unpaired) electrons. The molecule has 0 N–H and O–H groups in total. The van der Waals surface area contributed by atoms with Crippen LogP contribution in [0.15, 0.2) is 0 Å². The Hall–Kier alpha value is -0.780. The highest BCUT2D eigenvalue weighted by atomic mass is 19.4. The first-order chi connectivity index (χ1) is 6.93. The van der Waals surface area contributed by atoms with Gasteiger partial charge in [0.05, 0.1) is 11.2 Å². The van der Waals surface area contributed by atoms with Gasteiger partial charge in [0.1, 0.15) is 0 Å². The number of carbonyl (C=O) groups is 1. The fourth-order valence-electron chi connectivity index (χ4n) is 2.11. The first kappa shape index (κ1) is 13.3. The molecule has 0 saturated carbocycles. The summed E-state index contributed by atoms with van der Waals surface area (Å²) in [5.41, 5.74) is -1.52. The highest BCUT2D eigenvalue weighted by Crippen LogP contribution is 2.30. The fourth-order valence-corrected chi connectivity index (χ4v) is 2.11. The minimum atomic E-state index is -4.82. The zero-order valence-electron chi connectivity index (χ0n) is 9.81. The largest absolute Gasteiger partial charge is 0.471 e. The van der Waals surface area contributed by atoms with Crippen molar-refractivity contribution in [2.24, 2.45) is 0 Å². The summed E-state index contributed by atoms with van der Waals surface area (Å²) >= 11 is 0. The van der Waals surface area contributed by atoms with Crippen LogP contribution in [0.3, 0.4) is 0 Å². The topological polar surface area (TPSA) is 29.5 Å². The van der Waals surface area contributed by atoms with Crippen molar-refractivity contribution in [2.75, 3.05) is 13.1 Å². The average Bonchev–Trinajstić information content (AvgIpc) is 1.94. The van der Waals surface area contributed by atoms with E-state index in [9.17, 15) is 18.0 Å². The number of halogens is 3. The summed E-state index contributed by atoms with van der Waals surface area (Å²) in [6, 6.07) is 0. The number of carbonyl (C=O) groups excluding carboxylic acids is 1. The van der Waals surface area contributed by atoms with Gasteiger partial charge in [0.15, 0.2) is 0 Å². The molecule has 0 aliphatic carbocycles. The first-order valence-electron chi connectivity index (χ1n) is 4.99. The lowest BCUT2D eigenvalue weighted by Crippen LogP contribution is -2.60. The van der Waals surface area contributed by atoms with Gasteiger partial charge in [0.25, 0.3) is 0 Å². The zero-order valence-corrected chi connectivity index (χ0v) is 9.81. The Morgan fingerprint density at radius 2 is 1.50 bits per heavy atom. The lowest BCUT2D eigenvalue weighted by atomic mass is 9.99. The van der Waals surface area contributed by atoms with Crippen LogP contribution in [0.1, 0.15) is 27.7 Å². The summed E-state index contributed by atoms with van der Waals surface area (Å²) in [6.07, 6.45) is -4.82.